The molecule has 0 saturated heterocycles. The summed E-state index contributed by atoms with van der Waals surface area (Å²) in [7, 11) is -0.859. The molecule has 1 fully saturated rings. The second-order valence-electron chi connectivity index (χ2n) is 8.38. The van der Waals surface area contributed by atoms with Crippen molar-refractivity contribution >= 4 is 9.84 Å². The van der Waals surface area contributed by atoms with Gasteiger partial charge in [0.05, 0.1) is 5.25 Å². The molecule has 4 heteroatoms. The summed E-state index contributed by atoms with van der Waals surface area (Å²) >= 11 is 0. The minimum absolute atomic E-state index is 0.120. The normalized spacial score (nSPS) is 27.3. The maximum absolute atomic E-state index is 11.8. The third kappa shape index (κ3) is 6.68. The van der Waals surface area contributed by atoms with Crippen LogP contribution in [0.4, 0.5) is 0 Å². The van der Waals surface area contributed by atoms with E-state index >= 15 is 0 Å². The first-order chi connectivity index (χ1) is 9.53. The molecule has 21 heavy (non-hydrogen) atoms. The molecule has 0 spiro atoms. The maximum Gasteiger partial charge on any atom is 0.150 e. The second kappa shape index (κ2) is 7.45. The van der Waals surface area contributed by atoms with Crippen molar-refractivity contribution in [3.8, 4) is 0 Å². The lowest BCUT2D eigenvalue weighted by atomic mass is 9.77. The standard InChI is InChI=1S/C17H35NO2S/c1-13(12-17(2,3)4)10-16(18-5)14-8-7-9-15(11-14)21(6,19)20/h13-16,18H,7-12H2,1-6H3. The largest absolute Gasteiger partial charge is 0.317 e. The number of hydrogen-bond acceptors (Lipinski definition) is 3. The van der Waals surface area contributed by atoms with Gasteiger partial charge in [0, 0.05) is 12.3 Å². The van der Waals surface area contributed by atoms with Crippen LogP contribution in [0, 0.1) is 17.3 Å². The highest BCUT2D eigenvalue weighted by Crippen LogP contribution is 2.34. The van der Waals surface area contributed by atoms with E-state index in [4.69, 9.17) is 0 Å². The lowest BCUT2D eigenvalue weighted by Gasteiger charge is -2.36. The summed E-state index contributed by atoms with van der Waals surface area (Å²) in [5.41, 5.74) is 0.361. The van der Waals surface area contributed by atoms with Gasteiger partial charge in [0.2, 0.25) is 0 Å². The molecule has 0 aromatic rings. The summed E-state index contributed by atoms with van der Waals surface area (Å²) in [5.74, 6) is 1.17. The monoisotopic (exact) mass is 317 g/mol. The van der Waals surface area contributed by atoms with Crippen LogP contribution in [0.25, 0.3) is 0 Å². The molecule has 126 valence electrons. The highest BCUT2D eigenvalue weighted by Gasteiger charge is 2.33. The first kappa shape index (κ1) is 19.0. The van der Waals surface area contributed by atoms with Gasteiger partial charge in [-0.2, -0.15) is 0 Å². The summed E-state index contributed by atoms with van der Waals surface area (Å²) in [5, 5.41) is 3.35. The van der Waals surface area contributed by atoms with Crippen molar-refractivity contribution in [2.24, 2.45) is 17.3 Å². The molecule has 0 aliphatic heterocycles. The first-order valence-corrected chi connectivity index (χ1v) is 10.3. The molecule has 3 nitrogen and oxygen atoms in total. The minimum Gasteiger partial charge on any atom is -0.317 e. The van der Waals surface area contributed by atoms with E-state index in [1.165, 1.54) is 19.1 Å². The third-order valence-electron chi connectivity index (χ3n) is 4.83. The van der Waals surface area contributed by atoms with Gasteiger partial charge in [0.1, 0.15) is 9.84 Å². The van der Waals surface area contributed by atoms with Crippen molar-refractivity contribution in [2.75, 3.05) is 13.3 Å². The average molecular weight is 318 g/mol. The van der Waals surface area contributed by atoms with Gasteiger partial charge in [-0.1, -0.05) is 34.1 Å². The summed E-state index contributed by atoms with van der Waals surface area (Å²) in [4.78, 5) is 0. The van der Waals surface area contributed by atoms with Crippen LogP contribution in [0.3, 0.4) is 0 Å². The maximum atomic E-state index is 11.8. The zero-order valence-corrected chi connectivity index (χ0v) is 15.6. The average Bonchev–Trinajstić information content (AvgIpc) is 2.33. The zero-order valence-electron chi connectivity index (χ0n) is 14.8. The summed E-state index contributed by atoms with van der Waals surface area (Å²) < 4.78 is 23.7. The van der Waals surface area contributed by atoms with Crippen molar-refractivity contribution in [2.45, 2.75) is 77.5 Å². The van der Waals surface area contributed by atoms with Crippen molar-refractivity contribution < 1.29 is 8.42 Å². The molecule has 1 aliphatic rings. The molecule has 1 rings (SSSR count). The van der Waals surface area contributed by atoms with Gasteiger partial charge in [0.15, 0.2) is 0 Å². The Morgan fingerprint density at radius 1 is 1.24 bits per heavy atom. The van der Waals surface area contributed by atoms with Crippen LogP contribution in [0.5, 0.6) is 0 Å². The van der Waals surface area contributed by atoms with Crippen LogP contribution in [-0.4, -0.2) is 33.0 Å². The van der Waals surface area contributed by atoms with Gasteiger partial charge < -0.3 is 5.32 Å². The molecule has 0 bridgehead atoms. The Bertz CT molecular complexity index is 411. The molecule has 0 aromatic heterocycles. The zero-order chi connectivity index (χ0) is 16.3. The molecule has 0 radical (unpaired) electrons. The van der Waals surface area contributed by atoms with E-state index in [2.05, 4.69) is 33.0 Å². The fourth-order valence-corrected chi connectivity index (χ4v) is 5.24. The topological polar surface area (TPSA) is 46.2 Å². The van der Waals surface area contributed by atoms with E-state index in [0.717, 1.165) is 25.7 Å². The Kier molecular flexibility index (Phi) is 6.73. The van der Waals surface area contributed by atoms with Gasteiger partial charge in [-0.15, -0.1) is 0 Å². The second-order valence-corrected chi connectivity index (χ2v) is 10.7. The van der Waals surface area contributed by atoms with Crippen LogP contribution < -0.4 is 5.32 Å². The first-order valence-electron chi connectivity index (χ1n) is 8.39. The number of rotatable bonds is 6. The van der Waals surface area contributed by atoms with Gasteiger partial charge in [-0.3, -0.25) is 0 Å². The smallest absolute Gasteiger partial charge is 0.150 e. The van der Waals surface area contributed by atoms with Crippen LogP contribution in [0.15, 0.2) is 0 Å². The SMILES string of the molecule is CNC(CC(C)CC(C)(C)C)C1CCCC(S(C)(=O)=O)C1. The van der Waals surface area contributed by atoms with Crippen molar-refractivity contribution in [3.05, 3.63) is 0 Å². The summed E-state index contributed by atoms with van der Waals surface area (Å²) in [6.45, 7) is 9.20. The Balaban J connectivity index is 2.63. The highest BCUT2D eigenvalue weighted by atomic mass is 32.2. The fraction of sp³-hybridized carbons (Fsp3) is 1.00. The van der Waals surface area contributed by atoms with E-state index in [1.54, 1.807) is 0 Å². The molecule has 0 heterocycles. The molecular weight excluding hydrogens is 282 g/mol. The number of sulfone groups is 1. The fourth-order valence-electron chi connectivity index (χ4n) is 4.04. The summed E-state index contributed by atoms with van der Waals surface area (Å²) in [6, 6.07) is 0.451. The van der Waals surface area contributed by atoms with Gasteiger partial charge in [-0.25, -0.2) is 8.42 Å². The van der Waals surface area contributed by atoms with Crippen molar-refractivity contribution in [1.82, 2.24) is 5.32 Å². The number of hydrogen-bond donors (Lipinski definition) is 1. The van der Waals surface area contributed by atoms with Gasteiger partial charge >= 0.3 is 0 Å². The highest BCUT2D eigenvalue weighted by molar-refractivity contribution is 7.91. The lowest BCUT2D eigenvalue weighted by molar-refractivity contribution is 0.218. The van der Waals surface area contributed by atoms with Crippen molar-refractivity contribution in [1.29, 1.82) is 0 Å². The molecule has 1 saturated carbocycles. The predicted molar refractivity (Wildman–Crippen MR) is 91.3 cm³/mol. The van der Waals surface area contributed by atoms with Crippen LogP contribution in [-0.2, 0) is 9.84 Å². The van der Waals surface area contributed by atoms with E-state index in [-0.39, 0.29) is 5.25 Å². The molecule has 1 N–H and O–H groups in total. The van der Waals surface area contributed by atoms with Crippen molar-refractivity contribution in [3.63, 3.8) is 0 Å². The van der Waals surface area contributed by atoms with Gasteiger partial charge in [-0.05, 0) is 56.4 Å². The van der Waals surface area contributed by atoms with Gasteiger partial charge in [0.25, 0.3) is 0 Å². The van der Waals surface area contributed by atoms with E-state index in [9.17, 15) is 8.42 Å². The quantitative estimate of drug-likeness (QED) is 0.813. The molecule has 4 unspecified atom stereocenters. The van der Waals surface area contributed by atoms with E-state index in [1.807, 2.05) is 7.05 Å². The van der Waals surface area contributed by atoms with E-state index < -0.39 is 9.84 Å². The number of nitrogens with one attached hydrogen (secondary N) is 1. The molecular formula is C17H35NO2S. The molecule has 4 atom stereocenters. The Morgan fingerprint density at radius 3 is 2.33 bits per heavy atom. The summed E-state index contributed by atoms with van der Waals surface area (Å²) in [6.07, 6.45) is 7.67. The predicted octanol–water partition coefficient (Wildman–Crippen LogP) is 3.64. The third-order valence-corrected chi connectivity index (χ3v) is 6.47. The molecule has 0 amide bonds. The lowest BCUT2D eigenvalue weighted by Crippen LogP contribution is -2.40. The molecule has 0 aromatic carbocycles. The minimum atomic E-state index is -2.89. The van der Waals surface area contributed by atoms with E-state index in [0.29, 0.717) is 23.3 Å². The van der Waals surface area contributed by atoms with Crippen LogP contribution in [0.1, 0.15) is 66.2 Å². The Labute approximate surface area is 132 Å². The molecule has 1 aliphatic carbocycles. The Morgan fingerprint density at radius 2 is 1.86 bits per heavy atom. The van der Waals surface area contributed by atoms with Crippen LogP contribution >= 0.6 is 0 Å². The van der Waals surface area contributed by atoms with Crippen LogP contribution in [0.2, 0.25) is 0 Å². The Hall–Kier alpha value is -0.0900.